The molecule has 0 radical (unpaired) electrons. The van der Waals surface area contributed by atoms with Crippen LogP contribution in [0.2, 0.25) is 0 Å². The summed E-state index contributed by atoms with van der Waals surface area (Å²) in [6.45, 7) is 0. The zero-order chi connectivity index (χ0) is 9.97. The standard InChI is InChI=1S/C10H9NO3/c12-10(7-1-2-7)14-9-5-3-8(11-13)4-6-9/h3-7H,1-2H2. The van der Waals surface area contributed by atoms with Gasteiger partial charge in [0.05, 0.1) is 5.92 Å². The number of rotatable bonds is 3. The molecule has 4 nitrogen and oxygen atoms in total. The van der Waals surface area contributed by atoms with Crippen molar-refractivity contribution in [2.45, 2.75) is 12.8 Å². The van der Waals surface area contributed by atoms with Crippen LogP contribution in [0.15, 0.2) is 29.4 Å². The van der Waals surface area contributed by atoms with Gasteiger partial charge in [0, 0.05) is 0 Å². The summed E-state index contributed by atoms with van der Waals surface area (Å²) in [7, 11) is 0. The van der Waals surface area contributed by atoms with Crippen molar-refractivity contribution in [3.8, 4) is 5.75 Å². The zero-order valence-electron chi connectivity index (χ0n) is 7.47. The van der Waals surface area contributed by atoms with E-state index in [9.17, 15) is 9.70 Å². The molecule has 0 saturated heterocycles. The van der Waals surface area contributed by atoms with Gasteiger partial charge >= 0.3 is 5.97 Å². The van der Waals surface area contributed by atoms with Gasteiger partial charge < -0.3 is 4.74 Å². The second kappa shape index (κ2) is 3.57. The number of hydrogen-bond donors (Lipinski definition) is 0. The van der Waals surface area contributed by atoms with Gasteiger partial charge in [-0.25, -0.2) is 0 Å². The van der Waals surface area contributed by atoms with E-state index in [0.717, 1.165) is 12.8 Å². The smallest absolute Gasteiger partial charge is 0.314 e. The number of carbonyl (C=O) groups is 1. The van der Waals surface area contributed by atoms with Gasteiger partial charge in [-0.15, -0.1) is 4.91 Å². The molecule has 0 aliphatic heterocycles. The monoisotopic (exact) mass is 191 g/mol. The number of esters is 1. The Morgan fingerprint density at radius 2 is 1.93 bits per heavy atom. The van der Waals surface area contributed by atoms with E-state index in [1.165, 1.54) is 12.1 Å². The largest absolute Gasteiger partial charge is 0.426 e. The van der Waals surface area contributed by atoms with Gasteiger partial charge in [-0.2, -0.15) is 0 Å². The summed E-state index contributed by atoms with van der Waals surface area (Å²) in [6, 6.07) is 6.17. The molecule has 14 heavy (non-hydrogen) atoms. The highest BCUT2D eigenvalue weighted by molar-refractivity contribution is 5.77. The molecule has 2 rings (SSSR count). The van der Waals surface area contributed by atoms with Gasteiger partial charge in [0.15, 0.2) is 0 Å². The van der Waals surface area contributed by atoms with Crippen molar-refractivity contribution in [1.82, 2.24) is 0 Å². The molecule has 0 unspecified atom stereocenters. The minimum Gasteiger partial charge on any atom is -0.426 e. The lowest BCUT2D eigenvalue weighted by atomic mass is 10.3. The molecule has 4 heteroatoms. The van der Waals surface area contributed by atoms with Crippen molar-refractivity contribution in [2.24, 2.45) is 11.1 Å². The third-order valence-electron chi connectivity index (χ3n) is 2.07. The molecular weight excluding hydrogens is 182 g/mol. The minimum atomic E-state index is -0.184. The van der Waals surface area contributed by atoms with Crippen LogP contribution in [0.25, 0.3) is 0 Å². The molecule has 0 spiro atoms. The average Bonchev–Trinajstić information content (AvgIpc) is 3.02. The lowest BCUT2D eigenvalue weighted by molar-refractivity contribution is -0.135. The van der Waals surface area contributed by atoms with Crippen LogP contribution in [0.4, 0.5) is 5.69 Å². The summed E-state index contributed by atoms with van der Waals surface area (Å²) in [6.07, 6.45) is 1.85. The van der Waals surface area contributed by atoms with E-state index in [4.69, 9.17) is 4.74 Å². The Morgan fingerprint density at radius 1 is 1.29 bits per heavy atom. The first-order valence-electron chi connectivity index (χ1n) is 4.45. The van der Waals surface area contributed by atoms with Gasteiger partial charge in [0.1, 0.15) is 11.4 Å². The number of ether oxygens (including phenoxy) is 1. The Labute approximate surface area is 80.9 Å². The lowest BCUT2D eigenvalue weighted by Gasteiger charge is -2.01. The highest BCUT2D eigenvalue weighted by Crippen LogP contribution is 2.31. The first kappa shape index (κ1) is 8.87. The van der Waals surface area contributed by atoms with Gasteiger partial charge in [0.2, 0.25) is 0 Å². The summed E-state index contributed by atoms with van der Waals surface area (Å²) in [5, 5.41) is 2.75. The highest BCUT2D eigenvalue weighted by Gasteiger charge is 2.31. The maximum Gasteiger partial charge on any atom is 0.314 e. The molecule has 1 fully saturated rings. The van der Waals surface area contributed by atoms with Crippen molar-refractivity contribution in [3.05, 3.63) is 29.2 Å². The fraction of sp³-hybridized carbons (Fsp3) is 0.300. The van der Waals surface area contributed by atoms with Gasteiger partial charge in [-0.3, -0.25) is 4.79 Å². The first-order chi connectivity index (χ1) is 6.79. The van der Waals surface area contributed by atoms with Gasteiger partial charge in [-0.1, -0.05) is 0 Å². The Hall–Kier alpha value is -1.71. The number of hydrogen-bond acceptors (Lipinski definition) is 4. The maximum atomic E-state index is 11.2. The van der Waals surface area contributed by atoms with E-state index in [2.05, 4.69) is 5.18 Å². The normalized spacial score (nSPS) is 14.9. The number of nitroso groups, excluding NO2 is 1. The molecule has 0 bridgehead atoms. The SMILES string of the molecule is O=Nc1ccc(OC(=O)C2CC2)cc1. The molecule has 72 valence electrons. The topological polar surface area (TPSA) is 55.7 Å². The third kappa shape index (κ3) is 1.96. The predicted molar refractivity (Wildman–Crippen MR) is 50.3 cm³/mol. The molecule has 0 N–H and O–H groups in total. The molecule has 0 atom stereocenters. The second-order valence-corrected chi connectivity index (χ2v) is 3.28. The van der Waals surface area contributed by atoms with Crippen LogP contribution in [0.1, 0.15) is 12.8 Å². The van der Waals surface area contributed by atoms with Crippen LogP contribution in [0, 0.1) is 10.8 Å². The Kier molecular flexibility index (Phi) is 2.26. The number of benzene rings is 1. The molecule has 1 aromatic rings. The summed E-state index contributed by atoms with van der Waals surface area (Å²) < 4.78 is 5.06. The molecule has 0 aromatic heterocycles. The fourth-order valence-electron chi connectivity index (χ4n) is 1.09. The first-order valence-corrected chi connectivity index (χ1v) is 4.45. The molecular formula is C10H9NO3. The van der Waals surface area contributed by atoms with E-state index in [-0.39, 0.29) is 11.9 Å². The summed E-state index contributed by atoms with van der Waals surface area (Å²) in [4.78, 5) is 21.3. The zero-order valence-corrected chi connectivity index (χ0v) is 7.47. The second-order valence-electron chi connectivity index (χ2n) is 3.28. The summed E-state index contributed by atoms with van der Waals surface area (Å²) in [5.41, 5.74) is 0.330. The predicted octanol–water partition coefficient (Wildman–Crippen LogP) is 2.40. The lowest BCUT2D eigenvalue weighted by Crippen LogP contribution is -2.09. The number of carbonyl (C=O) groups excluding carboxylic acids is 1. The Bertz CT molecular complexity index is 354. The summed E-state index contributed by atoms with van der Waals surface area (Å²) >= 11 is 0. The molecule has 0 amide bonds. The van der Waals surface area contributed by atoms with Crippen LogP contribution >= 0.6 is 0 Å². The molecule has 1 aliphatic carbocycles. The average molecular weight is 191 g/mol. The fourth-order valence-corrected chi connectivity index (χ4v) is 1.09. The number of nitrogens with zero attached hydrogens (tertiary/aromatic N) is 1. The van der Waals surface area contributed by atoms with E-state index >= 15 is 0 Å². The quantitative estimate of drug-likeness (QED) is 0.418. The van der Waals surface area contributed by atoms with E-state index < -0.39 is 0 Å². The van der Waals surface area contributed by atoms with Crippen LogP contribution < -0.4 is 4.74 Å². The molecule has 1 saturated carbocycles. The molecule has 1 aromatic carbocycles. The van der Waals surface area contributed by atoms with Crippen LogP contribution in [0.5, 0.6) is 5.75 Å². The Morgan fingerprint density at radius 3 is 2.43 bits per heavy atom. The van der Waals surface area contributed by atoms with Crippen molar-refractivity contribution in [2.75, 3.05) is 0 Å². The van der Waals surface area contributed by atoms with Crippen molar-refractivity contribution < 1.29 is 9.53 Å². The van der Waals surface area contributed by atoms with E-state index in [1.807, 2.05) is 0 Å². The Balaban J connectivity index is 2.01. The van der Waals surface area contributed by atoms with Crippen molar-refractivity contribution >= 4 is 11.7 Å². The van der Waals surface area contributed by atoms with Crippen molar-refractivity contribution in [3.63, 3.8) is 0 Å². The molecule has 1 aliphatic rings. The van der Waals surface area contributed by atoms with Gasteiger partial charge in [0.25, 0.3) is 0 Å². The van der Waals surface area contributed by atoms with Crippen LogP contribution in [-0.4, -0.2) is 5.97 Å². The molecule has 0 heterocycles. The minimum absolute atomic E-state index is 0.0823. The maximum absolute atomic E-state index is 11.2. The van der Waals surface area contributed by atoms with Crippen molar-refractivity contribution in [1.29, 1.82) is 0 Å². The van der Waals surface area contributed by atoms with E-state index in [0.29, 0.717) is 11.4 Å². The summed E-state index contributed by atoms with van der Waals surface area (Å²) in [5.74, 6) is 0.366. The third-order valence-corrected chi connectivity index (χ3v) is 2.07. The van der Waals surface area contributed by atoms with Gasteiger partial charge in [-0.05, 0) is 42.3 Å². The highest BCUT2D eigenvalue weighted by atomic mass is 16.5. The van der Waals surface area contributed by atoms with E-state index in [1.54, 1.807) is 12.1 Å². The van der Waals surface area contributed by atoms with Crippen LogP contribution in [-0.2, 0) is 4.79 Å². The van der Waals surface area contributed by atoms with Crippen LogP contribution in [0.3, 0.4) is 0 Å².